The van der Waals surface area contributed by atoms with Gasteiger partial charge in [0.2, 0.25) is 5.88 Å². The van der Waals surface area contributed by atoms with Crippen LogP contribution in [-0.2, 0) is 5.41 Å². The minimum atomic E-state index is -0.186. The van der Waals surface area contributed by atoms with Gasteiger partial charge in [0.1, 0.15) is 17.4 Å². The molecule has 0 fully saturated rings. The summed E-state index contributed by atoms with van der Waals surface area (Å²) >= 11 is 2.22. The number of hydrazine groups is 1. The van der Waals surface area contributed by atoms with Gasteiger partial charge in [0, 0.05) is 11.5 Å². The van der Waals surface area contributed by atoms with E-state index in [1.54, 1.807) is 6.07 Å². The maximum absolute atomic E-state index is 5.83. The zero-order chi connectivity index (χ0) is 14.8. The monoisotopic (exact) mass is 384 g/mol. The van der Waals surface area contributed by atoms with E-state index in [1.807, 2.05) is 45.0 Å². The number of halogens is 1. The van der Waals surface area contributed by atoms with Gasteiger partial charge in [0.15, 0.2) is 0 Å². The number of nitrogens with zero attached hydrogens (tertiary/aromatic N) is 2. The average molecular weight is 384 g/mol. The molecule has 106 valence electrons. The maximum atomic E-state index is 5.83. The van der Waals surface area contributed by atoms with E-state index in [4.69, 9.17) is 10.6 Å². The van der Waals surface area contributed by atoms with E-state index < -0.39 is 0 Å². The van der Waals surface area contributed by atoms with Crippen molar-refractivity contribution in [1.82, 2.24) is 9.97 Å². The van der Waals surface area contributed by atoms with E-state index in [0.29, 0.717) is 17.5 Å². The second-order valence-electron chi connectivity index (χ2n) is 5.34. The molecule has 0 bridgehead atoms. The lowest BCUT2D eigenvalue weighted by Gasteiger charge is -2.18. The van der Waals surface area contributed by atoms with Gasteiger partial charge in [-0.3, -0.25) is 0 Å². The van der Waals surface area contributed by atoms with Crippen LogP contribution in [0, 0.1) is 3.57 Å². The number of nitrogens with two attached hydrogens (primary N) is 1. The van der Waals surface area contributed by atoms with E-state index in [9.17, 15) is 0 Å². The predicted octanol–water partition coefficient (Wildman–Crippen LogP) is 3.46. The van der Waals surface area contributed by atoms with Crippen LogP contribution in [0.15, 0.2) is 30.3 Å². The van der Waals surface area contributed by atoms with Crippen molar-refractivity contribution in [2.75, 3.05) is 5.43 Å². The summed E-state index contributed by atoms with van der Waals surface area (Å²) in [6.07, 6.45) is 0. The molecule has 20 heavy (non-hydrogen) atoms. The van der Waals surface area contributed by atoms with Crippen LogP contribution in [-0.4, -0.2) is 9.97 Å². The Hall–Kier alpha value is -1.41. The first-order chi connectivity index (χ1) is 9.40. The van der Waals surface area contributed by atoms with E-state index in [2.05, 4.69) is 38.0 Å². The third kappa shape index (κ3) is 3.57. The Balaban J connectivity index is 2.39. The number of aromatic nitrogens is 2. The normalized spacial score (nSPS) is 11.2. The molecule has 0 saturated carbocycles. The van der Waals surface area contributed by atoms with Crippen LogP contribution in [0.4, 0.5) is 5.82 Å². The van der Waals surface area contributed by atoms with E-state index in [-0.39, 0.29) is 5.41 Å². The minimum Gasteiger partial charge on any atom is -0.438 e. The Morgan fingerprint density at radius 2 is 1.90 bits per heavy atom. The van der Waals surface area contributed by atoms with Gasteiger partial charge < -0.3 is 10.2 Å². The summed E-state index contributed by atoms with van der Waals surface area (Å²) in [6.45, 7) is 6.12. The van der Waals surface area contributed by atoms with Gasteiger partial charge >= 0.3 is 0 Å². The Morgan fingerprint density at radius 1 is 1.20 bits per heavy atom. The number of rotatable bonds is 3. The molecule has 5 nitrogen and oxygen atoms in total. The Bertz CT molecular complexity index is 610. The van der Waals surface area contributed by atoms with Crippen molar-refractivity contribution in [1.29, 1.82) is 0 Å². The largest absolute Gasteiger partial charge is 0.438 e. The summed E-state index contributed by atoms with van der Waals surface area (Å²) < 4.78 is 6.85. The first-order valence-electron chi connectivity index (χ1n) is 6.19. The van der Waals surface area contributed by atoms with Crippen LogP contribution in [0.1, 0.15) is 26.6 Å². The highest BCUT2D eigenvalue weighted by Gasteiger charge is 2.19. The highest BCUT2D eigenvalue weighted by atomic mass is 127. The van der Waals surface area contributed by atoms with Crippen molar-refractivity contribution < 1.29 is 4.74 Å². The predicted molar refractivity (Wildman–Crippen MR) is 87.8 cm³/mol. The highest BCUT2D eigenvalue weighted by Crippen LogP contribution is 2.28. The molecule has 0 spiro atoms. The van der Waals surface area contributed by atoms with Crippen LogP contribution in [0.25, 0.3) is 0 Å². The van der Waals surface area contributed by atoms with Gasteiger partial charge in [-0.2, -0.15) is 4.98 Å². The van der Waals surface area contributed by atoms with E-state index >= 15 is 0 Å². The second-order valence-corrected chi connectivity index (χ2v) is 6.50. The third-order valence-electron chi connectivity index (χ3n) is 2.57. The topological polar surface area (TPSA) is 73.1 Å². The van der Waals surface area contributed by atoms with Crippen LogP contribution < -0.4 is 16.0 Å². The summed E-state index contributed by atoms with van der Waals surface area (Å²) in [5.41, 5.74) is 2.36. The van der Waals surface area contributed by atoms with Gasteiger partial charge in [-0.25, -0.2) is 10.8 Å². The number of hydrogen-bond donors (Lipinski definition) is 2. The fourth-order valence-corrected chi connectivity index (χ4v) is 2.02. The lowest BCUT2D eigenvalue weighted by atomic mass is 9.96. The number of benzene rings is 1. The Kier molecular flexibility index (Phi) is 4.44. The average Bonchev–Trinajstić information content (AvgIpc) is 2.40. The molecule has 0 unspecified atom stereocenters. The number of anilines is 1. The van der Waals surface area contributed by atoms with Gasteiger partial charge in [-0.1, -0.05) is 32.9 Å². The van der Waals surface area contributed by atoms with Crippen LogP contribution in [0.5, 0.6) is 11.6 Å². The number of nitrogen functional groups attached to an aromatic ring is 1. The number of nitrogens with one attached hydrogen (secondary N) is 1. The standard InChI is InChI=1S/C14H17IN4O/c1-14(2,3)13-17-11(19-16)8-12(18-13)20-10-7-5-4-6-9(10)15/h4-8H,16H2,1-3H3,(H,17,18,19). The Morgan fingerprint density at radius 3 is 2.50 bits per heavy atom. The first-order valence-corrected chi connectivity index (χ1v) is 7.26. The van der Waals surface area contributed by atoms with Crippen LogP contribution in [0.2, 0.25) is 0 Å². The third-order valence-corrected chi connectivity index (χ3v) is 3.46. The molecule has 1 aromatic heterocycles. The van der Waals surface area contributed by atoms with Crippen molar-refractivity contribution in [3.8, 4) is 11.6 Å². The van der Waals surface area contributed by atoms with Gasteiger partial charge in [-0.05, 0) is 34.7 Å². The molecule has 1 aromatic carbocycles. The SMILES string of the molecule is CC(C)(C)c1nc(NN)cc(Oc2ccccc2I)n1. The number of para-hydroxylation sites is 1. The molecule has 0 amide bonds. The molecule has 3 N–H and O–H groups in total. The van der Waals surface area contributed by atoms with E-state index in [1.165, 1.54) is 0 Å². The van der Waals surface area contributed by atoms with Crippen molar-refractivity contribution in [2.24, 2.45) is 5.84 Å². The van der Waals surface area contributed by atoms with Gasteiger partial charge in [0.25, 0.3) is 0 Å². The van der Waals surface area contributed by atoms with Gasteiger partial charge in [0.05, 0.1) is 3.57 Å². The quantitative estimate of drug-likeness (QED) is 0.482. The molecule has 0 radical (unpaired) electrons. The molecule has 0 aliphatic heterocycles. The zero-order valence-electron chi connectivity index (χ0n) is 11.6. The number of hydrogen-bond acceptors (Lipinski definition) is 5. The van der Waals surface area contributed by atoms with Crippen molar-refractivity contribution in [3.05, 3.63) is 39.7 Å². The van der Waals surface area contributed by atoms with Gasteiger partial charge in [-0.15, -0.1) is 0 Å². The van der Waals surface area contributed by atoms with Crippen molar-refractivity contribution in [2.45, 2.75) is 26.2 Å². The molecule has 2 aromatic rings. The second kappa shape index (κ2) is 5.92. The van der Waals surface area contributed by atoms with Crippen molar-refractivity contribution in [3.63, 3.8) is 0 Å². The van der Waals surface area contributed by atoms with E-state index in [0.717, 1.165) is 9.32 Å². The highest BCUT2D eigenvalue weighted by molar-refractivity contribution is 14.1. The summed E-state index contributed by atoms with van der Waals surface area (Å²) in [6, 6.07) is 9.44. The lowest BCUT2D eigenvalue weighted by Crippen LogP contribution is -2.19. The minimum absolute atomic E-state index is 0.186. The molecular formula is C14H17IN4O. The zero-order valence-corrected chi connectivity index (χ0v) is 13.8. The molecule has 1 heterocycles. The number of ether oxygens (including phenoxy) is 1. The smallest absolute Gasteiger partial charge is 0.224 e. The summed E-state index contributed by atoms with van der Waals surface area (Å²) in [5, 5.41) is 0. The molecule has 0 aliphatic rings. The fraction of sp³-hybridized carbons (Fsp3) is 0.286. The molecule has 2 rings (SSSR count). The van der Waals surface area contributed by atoms with Crippen molar-refractivity contribution >= 4 is 28.4 Å². The molecule has 6 heteroatoms. The maximum Gasteiger partial charge on any atom is 0.224 e. The summed E-state index contributed by atoms with van der Waals surface area (Å²) in [7, 11) is 0. The summed E-state index contributed by atoms with van der Waals surface area (Å²) in [5.74, 6) is 7.90. The first kappa shape index (κ1) is 15.0. The van der Waals surface area contributed by atoms with Crippen LogP contribution >= 0.6 is 22.6 Å². The summed E-state index contributed by atoms with van der Waals surface area (Å²) in [4.78, 5) is 8.81. The Labute approximate surface area is 132 Å². The molecular weight excluding hydrogens is 367 g/mol. The lowest BCUT2D eigenvalue weighted by molar-refractivity contribution is 0.444. The van der Waals surface area contributed by atoms with Crippen LogP contribution in [0.3, 0.4) is 0 Å². The fourth-order valence-electron chi connectivity index (χ4n) is 1.53. The molecule has 0 aliphatic carbocycles. The molecule has 0 saturated heterocycles. The molecule has 0 atom stereocenters.